The van der Waals surface area contributed by atoms with Gasteiger partial charge in [0.2, 0.25) is 5.91 Å². The third kappa shape index (κ3) is 1.96. The van der Waals surface area contributed by atoms with Crippen LogP contribution in [0, 0.1) is 5.92 Å². The molecule has 2 bridgehead atoms. The number of methoxy groups -OCH3 is 1. The van der Waals surface area contributed by atoms with Crippen LogP contribution in [0.4, 0.5) is 0 Å². The number of hydrogen-bond donors (Lipinski definition) is 1. The number of nitrogens with zero attached hydrogens (tertiary/aromatic N) is 1. The summed E-state index contributed by atoms with van der Waals surface area (Å²) in [7, 11) is 1.32. The van der Waals surface area contributed by atoms with Gasteiger partial charge in [-0.3, -0.25) is 14.5 Å². The molecule has 6 nitrogen and oxygen atoms in total. The number of carbonyl (C=O) groups is 2. The molecule has 116 valence electrons. The number of ether oxygens (including phenoxy) is 2. The summed E-state index contributed by atoms with van der Waals surface area (Å²) in [5.74, 6) is -0.794. The Balaban J connectivity index is 2.23. The van der Waals surface area contributed by atoms with Crippen molar-refractivity contribution < 1.29 is 19.1 Å². The molecule has 1 amide bonds. The first kappa shape index (κ1) is 14.8. The third-order valence-electron chi connectivity index (χ3n) is 4.12. The lowest BCUT2D eigenvalue weighted by atomic mass is 9.79. The third-order valence-corrected chi connectivity index (χ3v) is 4.41. The van der Waals surface area contributed by atoms with E-state index in [0.29, 0.717) is 5.75 Å². The van der Waals surface area contributed by atoms with Gasteiger partial charge in [-0.2, -0.15) is 0 Å². The van der Waals surface area contributed by atoms with Crippen molar-refractivity contribution in [2.45, 2.75) is 25.6 Å². The summed E-state index contributed by atoms with van der Waals surface area (Å²) in [6, 6.07) is 6.77. The van der Waals surface area contributed by atoms with E-state index in [1.54, 1.807) is 6.92 Å². The summed E-state index contributed by atoms with van der Waals surface area (Å²) < 4.78 is 10.9. The van der Waals surface area contributed by atoms with Crippen LogP contribution in [0.5, 0.6) is 5.75 Å². The van der Waals surface area contributed by atoms with Crippen molar-refractivity contribution in [3.8, 4) is 5.75 Å². The topological polar surface area (TPSA) is 67.9 Å². The molecular weight excluding hydrogens is 304 g/mol. The molecule has 22 heavy (non-hydrogen) atoms. The number of amides is 1. The van der Waals surface area contributed by atoms with E-state index in [2.05, 4.69) is 5.32 Å². The predicted octanol–water partition coefficient (Wildman–Crippen LogP) is 1.36. The highest BCUT2D eigenvalue weighted by atomic mass is 32.1. The summed E-state index contributed by atoms with van der Waals surface area (Å²) in [6.07, 6.45) is 0. The Hall–Kier alpha value is -2.15. The molecule has 1 aromatic rings. The van der Waals surface area contributed by atoms with Crippen molar-refractivity contribution in [3.05, 3.63) is 29.8 Å². The Morgan fingerprint density at radius 1 is 1.41 bits per heavy atom. The number of nitrogens with one attached hydrogen (secondary N) is 1. The van der Waals surface area contributed by atoms with Gasteiger partial charge in [0.1, 0.15) is 11.7 Å². The van der Waals surface area contributed by atoms with Gasteiger partial charge in [0, 0.05) is 12.5 Å². The summed E-state index contributed by atoms with van der Waals surface area (Å²) in [4.78, 5) is 25.8. The molecular formula is C15H16N2O4S. The summed E-state index contributed by atoms with van der Waals surface area (Å²) in [6.45, 7) is 3.16. The number of carbonyl (C=O) groups excluding carboxylic acids is 2. The van der Waals surface area contributed by atoms with Crippen LogP contribution in [-0.2, 0) is 14.3 Å². The van der Waals surface area contributed by atoms with Gasteiger partial charge in [-0.15, -0.1) is 0 Å². The monoisotopic (exact) mass is 320 g/mol. The molecule has 0 aliphatic carbocycles. The number of benzene rings is 1. The minimum atomic E-state index is -1.06. The second-order valence-corrected chi connectivity index (χ2v) is 5.90. The van der Waals surface area contributed by atoms with Crippen LogP contribution >= 0.6 is 12.2 Å². The molecule has 0 spiro atoms. The molecule has 2 heterocycles. The van der Waals surface area contributed by atoms with E-state index in [0.717, 1.165) is 5.56 Å². The highest BCUT2D eigenvalue weighted by Gasteiger charge is 2.58. The smallest absolute Gasteiger partial charge is 0.317 e. The predicted molar refractivity (Wildman–Crippen MR) is 82.0 cm³/mol. The van der Waals surface area contributed by atoms with Crippen LogP contribution in [0.1, 0.15) is 25.5 Å². The van der Waals surface area contributed by atoms with Crippen molar-refractivity contribution >= 4 is 29.2 Å². The molecule has 1 aromatic carbocycles. The quantitative estimate of drug-likeness (QED) is 0.622. The average Bonchev–Trinajstić information content (AvgIpc) is 2.44. The molecule has 0 saturated carbocycles. The molecule has 3 rings (SSSR count). The largest absolute Gasteiger partial charge is 0.469 e. The van der Waals surface area contributed by atoms with E-state index in [1.807, 2.05) is 24.3 Å². The number of hydrogen-bond acceptors (Lipinski definition) is 5. The molecule has 1 saturated heterocycles. The molecule has 3 atom stereocenters. The zero-order chi connectivity index (χ0) is 16.1. The fraction of sp³-hybridized carbons (Fsp3) is 0.400. The molecule has 0 aromatic heterocycles. The normalized spacial score (nSPS) is 29.0. The van der Waals surface area contributed by atoms with Crippen LogP contribution in [0.15, 0.2) is 24.3 Å². The van der Waals surface area contributed by atoms with E-state index in [4.69, 9.17) is 21.7 Å². The molecule has 1 fully saturated rings. The first-order chi connectivity index (χ1) is 10.4. The van der Waals surface area contributed by atoms with E-state index in [-0.39, 0.29) is 11.0 Å². The number of fused-ring (bicyclic) bond motifs is 4. The van der Waals surface area contributed by atoms with Gasteiger partial charge in [0.05, 0.1) is 13.2 Å². The molecule has 0 radical (unpaired) electrons. The lowest BCUT2D eigenvalue weighted by Crippen LogP contribution is -2.71. The fourth-order valence-corrected chi connectivity index (χ4v) is 3.65. The first-order valence-corrected chi connectivity index (χ1v) is 7.27. The standard InChI is InChI=1S/C15H16N2O4S/c1-8(18)17-12-9-6-4-5-7-10(9)21-15(2,16-14(17)22)11(12)13(19)20-3/h4-7,11-12H,1-3H3,(H,16,22)/t11-,12+,15+/m0/s1. The second-order valence-electron chi connectivity index (χ2n) is 5.51. The van der Waals surface area contributed by atoms with E-state index < -0.39 is 23.7 Å². The van der Waals surface area contributed by atoms with Crippen molar-refractivity contribution in [3.63, 3.8) is 0 Å². The lowest BCUT2D eigenvalue weighted by Gasteiger charge is -2.53. The summed E-state index contributed by atoms with van der Waals surface area (Å²) in [5, 5.41) is 3.22. The highest BCUT2D eigenvalue weighted by Crippen LogP contribution is 2.48. The number of thiocarbonyl (C=S) groups is 1. The maximum Gasteiger partial charge on any atom is 0.317 e. The number of esters is 1. The lowest BCUT2D eigenvalue weighted by molar-refractivity contribution is -0.165. The van der Waals surface area contributed by atoms with Gasteiger partial charge < -0.3 is 14.8 Å². The summed E-state index contributed by atoms with van der Waals surface area (Å²) >= 11 is 5.30. The number of rotatable bonds is 1. The van der Waals surface area contributed by atoms with E-state index >= 15 is 0 Å². The van der Waals surface area contributed by atoms with Gasteiger partial charge in [-0.25, -0.2) is 0 Å². The van der Waals surface area contributed by atoms with Gasteiger partial charge >= 0.3 is 5.97 Å². The maximum absolute atomic E-state index is 12.3. The van der Waals surface area contributed by atoms with Gasteiger partial charge in [0.25, 0.3) is 0 Å². The Labute approximate surface area is 133 Å². The second kappa shape index (κ2) is 4.95. The Bertz CT molecular complexity index is 677. The van der Waals surface area contributed by atoms with Gasteiger partial charge in [0.15, 0.2) is 10.8 Å². The van der Waals surface area contributed by atoms with Crippen LogP contribution < -0.4 is 10.1 Å². The molecule has 2 aliphatic heterocycles. The minimum Gasteiger partial charge on any atom is -0.469 e. The van der Waals surface area contributed by atoms with Crippen molar-refractivity contribution in [2.24, 2.45) is 5.92 Å². The minimum absolute atomic E-state index is 0.241. The van der Waals surface area contributed by atoms with Gasteiger partial charge in [-0.05, 0) is 25.2 Å². The Morgan fingerprint density at radius 2 is 2.09 bits per heavy atom. The fourth-order valence-electron chi connectivity index (χ4n) is 3.20. The van der Waals surface area contributed by atoms with Gasteiger partial charge in [-0.1, -0.05) is 18.2 Å². The van der Waals surface area contributed by atoms with Crippen LogP contribution in [0.3, 0.4) is 0 Å². The molecule has 7 heteroatoms. The molecule has 0 unspecified atom stereocenters. The zero-order valence-electron chi connectivity index (χ0n) is 12.5. The SMILES string of the molecule is COC(=O)[C@@H]1[C@H]2c3ccccc3O[C@@]1(C)NC(=S)N2C(C)=O. The van der Waals surface area contributed by atoms with Crippen molar-refractivity contribution in [1.29, 1.82) is 0 Å². The van der Waals surface area contributed by atoms with Crippen molar-refractivity contribution in [1.82, 2.24) is 10.2 Å². The maximum atomic E-state index is 12.3. The van der Waals surface area contributed by atoms with E-state index in [9.17, 15) is 9.59 Å². The summed E-state index contributed by atoms with van der Waals surface area (Å²) in [5.41, 5.74) is -0.316. The van der Waals surface area contributed by atoms with Crippen LogP contribution in [0.2, 0.25) is 0 Å². The highest BCUT2D eigenvalue weighted by molar-refractivity contribution is 7.80. The van der Waals surface area contributed by atoms with Crippen LogP contribution in [0.25, 0.3) is 0 Å². The Morgan fingerprint density at radius 3 is 2.73 bits per heavy atom. The first-order valence-electron chi connectivity index (χ1n) is 6.87. The Kier molecular flexibility index (Phi) is 3.32. The zero-order valence-corrected chi connectivity index (χ0v) is 13.3. The average molecular weight is 320 g/mol. The molecule has 1 N–H and O–H groups in total. The molecule has 2 aliphatic rings. The van der Waals surface area contributed by atoms with E-state index in [1.165, 1.54) is 18.9 Å². The van der Waals surface area contributed by atoms with Crippen LogP contribution in [-0.4, -0.2) is 34.7 Å². The number of para-hydroxylation sites is 1. The van der Waals surface area contributed by atoms with Crippen molar-refractivity contribution in [2.75, 3.05) is 7.11 Å².